The molecule has 0 fully saturated rings. The second-order valence-corrected chi connectivity index (χ2v) is 2.95. The molecule has 0 aromatic carbocycles. The highest BCUT2D eigenvalue weighted by atomic mass is 32.1. The zero-order chi connectivity index (χ0) is 7.40. The summed E-state index contributed by atoms with van der Waals surface area (Å²) in [6.07, 6.45) is 7.75. The van der Waals surface area contributed by atoms with Crippen molar-refractivity contribution in [3.8, 4) is 0 Å². The van der Waals surface area contributed by atoms with Gasteiger partial charge in [-0.3, -0.25) is 0 Å². The molecule has 0 aliphatic heterocycles. The van der Waals surface area contributed by atoms with E-state index in [4.69, 9.17) is 5.11 Å². The minimum absolute atomic E-state index is 0.401. The van der Waals surface area contributed by atoms with Gasteiger partial charge in [0, 0.05) is 0 Å². The Labute approximate surface area is 66.9 Å². The van der Waals surface area contributed by atoms with Crippen LogP contribution in [0.4, 0.5) is 0 Å². The first-order valence-electron chi connectivity index (χ1n) is 3.51. The molecule has 0 radical (unpaired) electrons. The van der Waals surface area contributed by atoms with Gasteiger partial charge in [-0.2, -0.15) is 12.6 Å². The average Bonchev–Trinajstić information content (AvgIpc) is 1.88. The molecule has 1 aliphatic carbocycles. The Hall–Kier alpha value is -0.370. The van der Waals surface area contributed by atoms with Gasteiger partial charge in [0.1, 0.15) is 5.76 Å². The van der Waals surface area contributed by atoms with Gasteiger partial charge in [0.05, 0.1) is 0 Å². The molecule has 10 heavy (non-hydrogen) atoms. The SMILES string of the molecule is OC1=CC(CCS)CC=C1. The van der Waals surface area contributed by atoms with Crippen LogP contribution in [0.1, 0.15) is 12.8 Å². The Kier molecular flexibility index (Phi) is 2.87. The zero-order valence-corrected chi connectivity index (χ0v) is 6.72. The molecule has 1 nitrogen and oxygen atoms in total. The lowest BCUT2D eigenvalue weighted by atomic mass is 9.97. The summed E-state index contributed by atoms with van der Waals surface area (Å²) in [4.78, 5) is 0. The summed E-state index contributed by atoms with van der Waals surface area (Å²) in [6.45, 7) is 0. The summed E-state index contributed by atoms with van der Waals surface area (Å²) < 4.78 is 0. The molecule has 56 valence electrons. The fraction of sp³-hybridized carbons (Fsp3) is 0.500. The molecule has 1 N–H and O–H groups in total. The van der Waals surface area contributed by atoms with Crippen molar-refractivity contribution in [2.45, 2.75) is 12.8 Å². The maximum atomic E-state index is 9.06. The zero-order valence-electron chi connectivity index (χ0n) is 5.83. The average molecular weight is 156 g/mol. The van der Waals surface area contributed by atoms with E-state index in [0.717, 1.165) is 18.6 Å². The van der Waals surface area contributed by atoms with Crippen LogP contribution in [-0.2, 0) is 0 Å². The van der Waals surface area contributed by atoms with E-state index in [0.29, 0.717) is 11.7 Å². The van der Waals surface area contributed by atoms with Crippen LogP contribution in [0.2, 0.25) is 0 Å². The van der Waals surface area contributed by atoms with Crippen molar-refractivity contribution in [3.63, 3.8) is 0 Å². The van der Waals surface area contributed by atoms with Gasteiger partial charge in [-0.25, -0.2) is 0 Å². The van der Waals surface area contributed by atoms with Gasteiger partial charge >= 0.3 is 0 Å². The monoisotopic (exact) mass is 156 g/mol. The largest absolute Gasteiger partial charge is 0.508 e. The third-order valence-electron chi connectivity index (χ3n) is 1.63. The van der Waals surface area contributed by atoms with Crippen LogP contribution >= 0.6 is 12.6 Å². The summed E-state index contributed by atoms with van der Waals surface area (Å²) in [5.74, 6) is 1.79. The summed E-state index contributed by atoms with van der Waals surface area (Å²) in [6, 6.07) is 0. The third kappa shape index (κ3) is 2.10. The predicted octanol–water partition coefficient (Wildman–Crippen LogP) is 2.32. The number of hydrogen-bond donors (Lipinski definition) is 2. The number of allylic oxidation sites excluding steroid dienone is 3. The van der Waals surface area contributed by atoms with E-state index in [1.54, 1.807) is 6.08 Å². The van der Waals surface area contributed by atoms with Crippen LogP contribution in [0.5, 0.6) is 0 Å². The maximum Gasteiger partial charge on any atom is 0.111 e. The molecule has 0 saturated heterocycles. The standard InChI is InChI=1S/C8H12OS/c9-8-3-1-2-7(6-8)4-5-10/h1,3,6-7,9-10H,2,4-5H2. The van der Waals surface area contributed by atoms with Crippen LogP contribution in [0.25, 0.3) is 0 Å². The Morgan fingerprint density at radius 3 is 3.10 bits per heavy atom. The van der Waals surface area contributed by atoms with Crippen LogP contribution < -0.4 is 0 Å². The van der Waals surface area contributed by atoms with Crippen molar-refractivity contribution in [1.82, 2.24) is 0 Å². The quantitative estimate of drug-likeness (QED) is 0.588. The van der Waals surface area contributed by atoms with Gasteiger partial charge in [0.15, 0.2) is 0 Å². The molecule has 2 heteroatoms. The predicted molar refractivity (Wildman–Crippen MR) is 46.4 cm³/mol. The molecule has 1 rings (SSSR count). The molecule has 0 saturated carbocycles. The number of aliphatic hydroxyl groups is 1. The fourth-order valence-corrected chi connectivity index (χ4v) is 1.43. The maximum absolute atomic E-state index is 9.06. The van der Waals surface area contributed by atoms with Gasteiger partial charge < -0.3 is 5.11 Å². The van der Waals surface area contributed by atoms with Gasteiger partial charge in [-0.1, -0.05) is 6.08 Å². The Bertz CT molecular complexity index is 161. The molecule has 0 bridgehead atoms. The molecular weight excluding hydrogens is 144 g/mol. The first-order chi connectivity index (χ1) is 4.83. The Morgan fingerprint density at radius 2 is 2.50 bits per heavy atom. The van der Waals surface area contributed by atoms with Crippen LogP contribution in [0.15, 0.2) is 24.0 Å². The van der Waals surface area contributed by atoms with E-state index >= 15 is 0 Å². The molecule has 0 heterocycles. The fourth-order valence-electron chi connectivity index (χ4n) is 1.10. The van der Waals surface area contributed by atoms with E-state index in [2.05, 4.69) is 12.6 Å². The van der Waals surface area contributed by atoms with Crippen molar-refractivity contribution in [1.29, 1.82) is 0 Å². The first-order valence-corrected chi connectivity index (χ1v) is 4.14. The smallest absolute Gasteiger partial charge is 0.111 e. The summed E-state index contributed by atoms with van der Waals surface area (Å²) in [5, 5.41) is 9.06. The first kappa shape index (κ1) is 7.73. The number of aliphatic hydroxyl groups excluding tert-OH is 1. The summed E-state index contributed by atoms with van der Waals surface area (Å²) in [5.41, 5.74) is 0. The molecular formula is C8H12OS. The van der Waals surface area contributed by atoms with E-state index < -0.39 is 0 Å². The van der Waals surface area contributed by atoms with Crippen LogP contribution in [0, 0.1) is 5.92 Å². The molecule has 0 aromatic heterocycles. The molecule has 1 atom stereocenters. The Morgan fingerprint density at radius 1 is 1.70 bits per heavy atom. The second-order valence-electron chi connectivity index (χ2n) is 2.50. The lowest BCUT2D eigenvalue weighted by Gasteiger charge is -2.11. The van der Waals surface area contributed by atoms with Gasteiger partial charge in [-0.15, -0.1) is 0 Å². The van der Waals surface area contributed by atoms with Crippen molar-refractivity contribution in [2.75, 3.05) is 5.75 Å². The van der Waals surface area contributed by atoms with Crippen molar-refractivity contribution in [3.05, 3.63) is 24.0 Å². The second kappa shape index (κ2) is 3.71. The van der Waals surface area contributed by atoms with Crippen LogP contribution in [-0.4, -0.2) is 10.9 Å². The lowest BCUT2D eigenvalue weighted by molar-refractivity contribution is 0.416. The van der Waals surface area contributed by atoms with E-state index in [1.165, 1.54) is 0 Å². The Balaban J connectivity index is 2.43. The molecule has 0 aromatic rings. The minimum atomic E-state index is 0.401. The van der Waals surface area contributed by atoms with Gasteiger partial charge in [0.25, 0.3) is 0 Å². The molecule has 0 spiro atoms. The molecule has 1 unspecified atom stereocenters. The van der Waals surface area contributed by atoms with Gasteiger partial charge in [-0.05, 0) is 36.7 Å². The van der Waals surface area contributed by atoms with E-state index in [9.17, 15) is 0 Å². The van der Waals surface area contributed by atoms with Crippen LogP contribution in [0.3, 0.4) is 0 Å². The lowest BCUT2D eigenvalue weighted by Crippen LogP contribution is -2.00. The van der Waals surface area contributed by atoms with Crippen molar-refractivity contribution >= 4 is 12.6 Å². The minimum Gasteiger partial charge on any atom is -0.508 e. The van der Waals surface area contributed by atoms with E-state index in [1.807, 2.05) is 12.2 Å². The number of hydrogen-bond acceptors (Lipinski definition) is 2. The van der Waals surface area contributed by atoms with E-state index in [-0.39, 0.29) is 0 Å². The molecule has 1 aliphatic rings. The highest BCUT2D eigenvalue weighted by Gasteiger charge is 2.06. The summed E-state index contributed by atoms with van der Waals surface area (Å²) in [7, 11) is 0. The summed E-state index contributed by atoms with van der Waals surface area (Å²) >= 11 is 4.13. The highest BCUT2D eigenvalue weighted by Crippen LogP contribution is 2.18. The molecule has 0 amide bonds. The van der Waals surface area contributed by atoms with Crippen molar-refractivity contribution in [2.24, 2.45) is 5.92 Å². The topological polar surface area (TPSA) is 20.2 Å². The number of thiol groups is 1. The highest BCUT2D eigenvalue weighted by molar-refractivity contribution is 7.80. The normalized spacial score (nSPS) is 24.5. The van der Waals surface area contributed by atoms with Crippen molar-refractivity contribution < 1.29 is 5.11 Å². The van der Waals surface area contributed by atoms with Gasteiger partial charge in [0.2, 0.25) is 0 Å². The third-order valence-corrected chi connectivity index (χ3v) is 1.89. The number of rotatable bonds is 2.